The van der Waals surface area contributed by atoms with Crippen molar-refractivity contribution in [2.45, 2.75) is 44.2 Å². The van der Waals surface area contributed by atoms with E-state index in [2.05, 4.69) is 37.8 Å². The fraction of sp³-hybridized carbons (Fsp3) is 0.750. The van der Waals surface area contributed by atoms with Crippen LogP contribution in [0.3, 0.4) is 0 Å². The average Bonchev–Trinajstić information content (AvgIpc) is 2.76. The molecule has 3 nitrogen and oxygen atoms in total. The maximum absolute atomic E-state index is 6.32. The zero-order chi connectivity index (χ0) is 12.0. The molecule has 0 unspecified atom stereocenters. The summed E-state index contributed by atoms with van der Waals surface area (Å²) in [5.74, 6) is 0. The molecule has 2 N–H and O–H groups in total. The topological polar surface area (TPSA) is 42.2 Å². The van der Waals surface area contributed by atoms with Crippen LogP contribution in [0.4, 0.5) is 0 Å². The van der Waals surface area contributed by atoms with Crippen LogP contribution in [0.1, 0.15) is 36.6 Å². The van der Waals surface area contributed by atoms with Gasteiger partial charge in [0.25, 0.3) is 0 Å². The van der Waals surface area contributed by atoms with Crippen molar-refractivity contribution >= 4 is 11.3 Å². The van der Waals surface area contributed by atoms with Gasteiger partial charge in [0.05, 0.1) is 0 Å². The maximum Gasteiger partial charge on any atom is 0.100 e. The molecule has 0 radical (unpaired) electrons. The van der Waals surface area contributed by atoms with Gasteiger partial charge in [-0.15, -0.1) is 11.3 Å². The summed E-state index contributed by atoms with van der Waals surface area (Å²) >= 11 is 1.80. The highest BCUT2D eigenvalue weighted by Gasteiger charge is 2.53. The standard InChI is InChI=1S/C12H21N3S/c1-11(2,12(13)5-6-12)10-14-7-9(16-10)8-15(3)4/h7H,5-6,8,13H2,1-4H3. The highest BCUT2D eigenvalue weighted by Crippen LogP contribution is 2.49. The van der Waals surface area contributed by atoms with E-state index in [1.54, 1.807) is 11.3 Å². The van der Waals surface area contributed by atoms with Gasteiger partial charge in [-0.3, -0.25) is 0 Å². The molecule has 1 saturated carbocycles. The van der Waals surface area contributed by atoms with E-state index < -0.39 is 0 Å². The fourth-order valence-corrected chi connectivity index (χ4v) is 3.19. The highest BCUT2D eigenvalue weighted by molar-refractivity contribution is 7.11. The molecule has 0 aliphatic heterocycles. The second-order valence-corrected chi connectivity index (χ2v) is 6.77. The van der Waals surface area contributed by atoms with Gasteiger partial charge >= 0.3 is 0 Å². The molecule has 0 atom stereocenters. The number of nitrogens with zero attached hydrogens (tertiary/aromatic N) is 2. The van der Waals surface area contributed by atoms with E-state index in [0.717, 1.165) is 19.4 Å². The summed E-state index contributed by atoms with van der Waals surface area (Å²) in [6.45, 7) is 5.40. The van der Waals surface area contributed by atoms with E-state index in [1.165, 1.54) is 9.88 Å². The highest BCUT2D eigenvalue weighted by atomic mass is 32.1. The largest absolute Gasteiger partial charge is 0.324 e. The van der Waals surface area contributed by atoms with Crippen LogP contribution in [0.15, 0.2) is 6.20 Å². The molecular formula is C12H21N3S. The third-order valence-electron chi connectivity index (χ3n) is 3.59. The Bertz CT molecular complexity index is 377. The smallest absolute Gasteiger partial charge is 0.100 e. The van der Waals surface area contributed by atoms with Crippen molar-refractivity contribution in [2.24, 2.45) is 5.73 Å². The third kappa shape index (κ3) is 2.01. The number of rotatable bonds is 4. The van der Waals surface area contributed by atoms with Crippen LogP contribution in [-0.4, -0.2) is 29.5 Å². The lowest BCUT2D eigenvalue weighted by atomic mass is 9.83. The summed E-state index contributed by atoms with van der Waals surface area (Å²) in [5, 5.41) is 1.18. The first-order chi connectivity index (χ1) is 7.35. The van der Waals surface area contributed by atoms with Crippen molar-refractivity contribution in [3.63, 3.8) is 0 Å². The summed E-state index contributed by atoms with van der Waals surface area (Å²) in [7, 11) is 4.16. The molecule has 1 fully saturated rings. The van der Waals surface area contributed by atoms with Crippen molar-refractivity contribution in [1.29, 1.82) is 0 Å². The Morgan fingerprint density at radius 1 is 1.50 bits per heavy atom. The van der Waals surface area contributed by atoms with Gasteiger partial charge in [-0.05, 0) is 26.9 Å². The number of thiazole rings is 1. The summed E-state index contributed by atoms with van der Waals surface area (Å²) in [6.07, 6.45) is 4.25. The van der Waals surface area contributed by atoms with Gasteiger partial charge in [0.1, 0.15) is 5.01 Å². The van der Waals surface area contributed by atoms with Crippen molar-refractivity contribution in [3.05, 3.63) is 16.1 Å². The van der Waals surface area contributed by atoms with Crippen LogP contribution in [-0.2, 0) is 12.0 Å². The van der Waals surface area contributed by atoms with E-state index in [-0.39, 0.29) is 11.0 Å². The van der Waals surface area contributed by atoms with Gasteiger partial charge in [-0.25, -0.2) is 4.98 Å². The first-order valence-electron chi connectivity index (χ1n) is 5.74. The van der Waals surface area contributed by atoms with E-state index in [9.17, 15) is 0 Å². The van der Waals surface area contributed by atoms with Crippen LogP contribution >= 0.6 is 11.3 Å². The van der Waals surface area contributed by atoms with Crippen molar-refractivity contribution in [1.82, 2.24) is 9.88 Å². The van der Waals surface area contributed by atoms with Crippen molar-refractivity contribution in [2.75, 3.05) is 14.1 Å². The molecule has 90 valence electrons. The minimum Gasteiger partial charge on any atom is -0.324 e. The quantitative estimate of drug-likeness (QED) is 0.873. The fourth-order valence-electron chi connectivity index (χ4n) is 1.95. The Morgan fingerprint density at radius 3 is 2.62 bits per heavy atom. The van der Waals surface area contributed by atoms with E-state index in [1.807, 2.05) is 6.20 Å². The lowest BCUT2D eigenvalue weighted by molar-refractivity contribution is 0.389. The molecule has 1 heterocycles. The second-order valence-electron chi connectivity index (χ2n) is 5.65. The van der Waals surface area contributed by atoms with Gasteiger partial charge < -0.3 is 10.6 Å². The minimum absolute atomic E-state index is 0.0137. The molecule has 0 amide bonds. The Hall–Kier alpha value is -0.450. The first-order valence-corrected chi connectivity index (χ1v) is 6.56. The summed E-state index contributed by atoms with van der Waals surface area (Å²) < 4.78 is 0. The van der Waals surface area contributed by atoms with Crippen molar-refractivity contribution < 1.29 is 0 Å². The molecule has 4 heteroatoms. The maximum atomic E-state index is 6.32. The van der Waals surface area contributed by atoms with Gasteiger partial charge in [0, 0.05) is 28.6 Å². The average molecular weight is 239 g/mol. The van der Waals surface area contributed by atoms with E-state index in [4.69, 9.17) is 5.73 Å². The zero-order valence-electron chi connectivity index (χ0n) is 10.6. The van der Waals surface area contributed by atoms with Gasteiger partial charge in [-0.1, -0.05) is 13.8 Å². The molecular weight excluding hydrogens is 218 g/mol. The predicted molar refractivity (Wildman–Crippen MR) is 68.7 cm³/mol. The molecule has 1 aliphatic rings. The van der Waals surface area contributed by atoms with Crippen LogP contribution < -0.4 is 5.73 Å². The molecule has 1 aromatic rings. The Labute approximate surface area is 102 Å². The Balaban J connectivity index is 2.18. The second kappa shape index (κ2) is 3.79. The number of nitrogens with two attached hydrogens (primary N) is 1. The van der Waals surface area contributed by atoms with Crippen LogP contribution in [0.25, 0.3) is 0 Å². The molecule has 1 aromatic heterocycles. The number of aromatic nitrogens is 1. The van der Waals surface area contributed by atoms with Crippen molar-refractivity contribution in [3.8, 4) is 0 Å². The molecule has 1 aliphatic carbocycles. The lowest BCUT2D eigenvalue weighted by Gasteiger charge is -2.29. The van der Waals surface area contributed by atoms with Gasteiger partial charge in [0.15, 0.2) is 0 Å². The molecule has 16 heavy (non-hydrogen) atoms. The predicted octanol–water partition coefficient (Wildman–Crippen LogP) is 1.97. The zero-order valence-corrected chi connectivity index (χ0v) is 11.4. The molecule has 0 bridgehead atoms. The van der Waals surface area contributed by atoms with E-state index in [0.29, 0.717) is 0 Å². The molecule has 0 saturated heterocycles. The summed E-state index contributed by atoms with van der Waals surface area (Å²) in [5.41, 5.74) is 6.33. The lowest BCUT2D eigenvalue weighted by Crippen LogP contribution is -2.43. The van der Waals surface area contributed by atoms with Crippen LogP contribution in [0, 0.1) is 0 Å². The number of hydrogen-bond acceptors (Lipinski definition) is 4. The molecule has 0 spiro atoms. The van der Waals surface area contributed by atoms with E-state index >= 15 is 0 Å². The SMILES string of the molecule is CN(C)Cc1cnc(C(C)(C)C2(N)CC2)s1. The summed E-state index contributed by atoms with van der Waals surface area (Å²) in [4.78, 5) is 8.04. The van der Waals surface area contributed by atoms with Crippen LogP contribution in [0.5, 0.6) is 0 Å². The monoisotopic (exact) mass is 239 g/mol. The first kappa shape index (κ1) is 12.0. The van der Waals surface area contributed by atoms with Gasteiger partial charge in [-0.2, -0.15) is 0 Å². The Morgan fingerprint density at radius 2 is 2.12 bits per heavy atom. The minimum atomic E-state index is -0.0137. The molecule has 0 aromatic carbocycles. The van der Waals surface area contributed by atoms with Gasteiger partial charge in [0.2, 0.25) is 0 Å². The summed E-state index contributed by atoms with van der Waals surface area (Å²) in [6, 6.07) is 0. The Kier molecular flexibility index (Phi) is 2.85. The normalized spacial score (nSPS) is 19.1. The van der Waals surface area contributed by atoms with Crippen LogP contribution in [0.2, 0.25) is 0 Å². The third-order valence-corrected chi connectivity index (χ3v) is 4.90. The molecule has 2 rings (SSSR count). The number of hydrogen-bond donors (Lipinski definition) is 1.